The molecule has 1 unspecified atom stereocenters. The minimum absolute atomic E-state index is 0.298. The molecule has 3 aliphatic rings. The van der Waals surface area contributed by atoms with Crippen molar-refractivity contribution in [1.29, 1.82) is 0 Å². The van der Waals surface area contributed by atoms with Crippen LogP contribution in [0.5, 0.6) is 0 Å². The van der Waals surface area contributed by atoms with E-state index in [1.54, 1.807) is 0 Å². The number of nitrogens with zero attached hydrogens (tertiary/aromatic N) is 1. The minimum atomic E-state index is -0.298. The number of hydrogen-bond donors (Lipinski definition) is 0. The molecular weight excluding hydrogens is 691 g/mol. The molecule has 0 saturated carbocycles. The molecule has 0 bridgehead atoms. The monoisotopic (exact) mass is 723 g/mol. The van der Waals surface area contributed by atoms with Crippen LogP contribution < -0.4 is 4.90 Å². The first-order valence-corrected chi connectivity index (χ1v) is 19.8. The van der Waals surface area contributed by atoms with Crippen LogP contribution in [0.1, 0.15) is 22.3 Å². The summed E-state index contributed by atoms with van der Waals surface area (Å²) >= 11 is 0. The average molecular weight is 724 g/mol. The second-order valence-corrected chi connectivity index (χ2v) is 15.6. The molecule has 0 aliphatic heterocycles. The molecule has 264 valence electrons. The summed E-state index contributed by atoms with van der Waals surface area (Å²) < 4.78 is 6.62. The largest absolute Gasteiger partial charge is 0.454 e. The quantitative estimate of drug-likeness (QED) is 0.176. The summed E-state index contributed by atoms with van der Waals surface area (Å²) in [5, 5.41) is 2.23. The van der Waals surface area contributed by atoms with E-state index in [1.807, 2.05) is 6.07 Å². The molecule has 0 fully saturated rings. The number of para-hydroxylation sites is 2. The van der Waals surface area contributed by atoms with E-state index in [1.165, 1.54) is 77.9 Å². The number of rotatable bonds is 5. The Morgan fingerprint density at radius 2 is 0.860 bits per heavy atom. The third kappa shape index (κ3) is 4.04. The van der Waals surface area contributed by atoms with E-state index in [9.17, 15) is 0 Å². The maximum absolute atomic E-state index is 6.62. The van der Waals surface area contributed by atoms with Gasteiger partial charge in [0.25, 0.3) is 0 Å². The van der Waals surface area contributed by atoms with Crippen LogP contribution in [-0.2, 0) is 5.41 Å². The molecule has 9 aromatic carbocycles. The Morgan fingerprint density at radius 3 is 1.58 bits per heavy atom. The van der Waals surface area contributed by atoms with Crippen molar-refractivity contribution in [3.05, 3.63) is 222 Å². The zero-order valence-electron chi connectivity index (χ0n) is 30.9. The minimum Gasteiger partial charge on any atom is -0.454 e. The first kappa shape index (κ1) is 30.9. The second kappa shape index (κ2) is 11.3. The van der Waals surface area contributed by atoms with Gasteiger partial charge < -0.3 is 9.32 Å². The summed E-state index contributed by atoms with van der Waals surface area (Å²) in [6.45, 7) is 0. The van der Waals surface area contributed by atoms with Gasteiger partial charge in [-0.05, 0) is 120 Å². The highest BCUT2D eigenvalue weighted by atomic mass is 16.3. The Hall–Kier alpha value is -7.42. The third-order valence-electron chi connectivity index (χ3n) is 12.8. The van der Waals surface area contributed by atoms with Gasteiger partial charge in [0, 0.05) is 22.1 Å². The zero-order chi connectivity index (χ0) is 37.2. The van der Waals surface area contributed by atoms with Crippen molar-refractivity contribution >= 4 is 39.0 Å². The van der Waals surface area contributed by atoms with Crippen molar-refractivity contribution in [3.8, 4) is 55.6 Å². The van der Waals surface area contributed by atoms with E-state index in [4.69, 9.17) is 4.42 Å². The Balaban J connectivity index is 0.960. The van der Waals surface area contributed by atoms with Crippen LogP contribution in [0.25, 0.3) is 77.6 Å². The Kier molecular flexibility index (Phi) is 6.13. The lowest BCUT2D eigenvalue weighted by Crippen LogP contribution is -2.23. The molecule has 10 aromatic rings. The summed E-state index contributed by atoms with van der Waals surface area (Å²) in [4.78, 5) is 2.33. The first-order chi connectivity index (χ1) is 28.3. The van der Waals surface area contributed by atoms with Gasteiger partial charge in [-0.1, -0.05) is 158 Å². The van der Waals surface area contributed by atoms with Crippen molar-refractivity contribution in [1.82, 2.24) is 0 Å². The number of fused-ring (bicyclic) bond motifs is 8. The number of furan rings is 1. The SMILES string of the molecule is c1ccc(-c2ccc(N(c3ccc(-c4ccc5c(c4)C46c7ccccc7-c7cccc(c74)-c4cccc-5c46)cc3)c3cccc4c3oc3ccccc34)cc2)cc1. The van der Waals surface area contributed by atoms with E-state index < -0.39 is 0 Å². The summed E-state index contributed by atoms with van der Waals surface area (Å²) in [6, 6.07) is 73.3. The van der Waals surface area contributed by atoms with Crippen molar-refractivity contribution in [2.24, 2.45) is 0 Å². The van der Waals surface area contributed by atoms with E-state index in [-0.39, 0.29) is 5.41 Å². The van der Waals surface area contributed by atoms with Crippen LogP contribution in [-0.4, -0.2) is 0 Å². The van der Waals surface area contributed by atoms with Gasteiger partial charge >= 0.3 is 0 Å². The van der Waals surface area contributed by atoms with Gasteiger partial charge in [0.15, 0.2) is 5.58 Å². The van der Waals surface area contributed by atoms with E-state index in [0.29, 0.717) is 0 Å². The summed E-state index contributed by atoms with van der Waals surface area (Å²) in [5.41, 5.74) is 23.3. The van der Waals surface area contributed by atoms with E-state index in [0.717, 1.165) is 39.0 Å². The smallest absolute Gasteiger partial charge is 0.159 e. The van der Waals surface area contributed by atoms with Crippen LogP contribution in [0.4, 0.5) is 17.1 Å². The average Bonchev–Trinajstić information content (AvgIpc) is 4.00. The predicted molar refractivity (Wildman–Crippen MR) is 235 cm³/mol. The lowest BCUT2D eigenvalue weighted by molar-refractivity contribution is 0.669. The van der Waals surface area contributed by atoms with Crippen molar-refractivity contribution in [3.63, 3.8) is 0 Å². The van der Waals surface area contributed by atoms with Gasteiger partial charge in [0.05, 0.1) is 11.1 Å². The third-order valence-corrected chi connectivity index (χ3v) is 12.8. The van der Waals surface area contributed by atoms with Gasteiger partial charge in [-0.2, -0.15) is 0 Å². The van der Waals surface area contributed by atoms with Crippen LogP contribution in [0, 0.1) is 0 Å². The van der Waals surface area contributed by atoms with E-state index >= 15 is 0 Å². The van der Waals surface area contributed by atoms with Crippen LogP contribution in [0.3, 0.4) is 0 Å². The maximum atomic E-state index is 6.62. The summed E-state index contributed by atoms with van der Waals surface area (Å²) in [5.74, 6) is 0. The first-order valence-electron chi connectivity index (χ1n) is 19.8. The second-order valence-electron chi connectivity index (χ2n) is 15.6. The molecule has 1 aromatic heterocycles. The van der Waals surface area contributed by atoms with Gasteiger partial charge in [-0.25, -0.2) is 0 Å². The molecule has 1 atom stereocenters. The molecule has 13 rings (SSSR count). The lowest BCUT2D eigenvalue weighted by atomic mass is 9.73. The van der Waals surface area contributed by atoms with Crippen LogP contribution in [0.15, 0.2) is 205 Å². The molecule has 3 aliphatic carbocycles. The Morgan fingerprint density at radius 1 is 0.351 bits per heavy atom. The molecule has 2 heteroatoms. The molecule has 0 N–H and O–H groups in total. The number of benzene rings is 9. The topological polar surface area (TPSA) is 16.4 Å². The van der Waals surface area contributed by atoms with Crippen molar-refractivity contribution in [2.45, 2.75) is 5.41 Å². The van der Waals surface area contributed by atoms with Crippen LogP contribution in [0.2, 0.25) is 0 Å². The summed E-state index contributed by atoms with van der Waals surface area (Å²) in [6.07, 6.45) is 0. The number of hydrogen-bond acceptors (Lipinski definition) is 2. The Labute approximate surface area is 330 Å². The molecule has 2 nitrogen and oxygen atoms in total. The molecule has 0 radical (unpaired) electrons. The standard InChI is InChI=1S/C55H33NO/c1-2-11-34(12-3-1)35-23-28-38(29-24-35)56(50-21-10-19-47-42-14-5-7-22-51(42)57-54(47)50)39-30-25-36(26-31-39)37-27-32-41-44-16-9-18-46-45-17-8-15-43-40-13-4-6-20-48(40)55(52(43)45,53(44)46)49(41)33-37/h1-33H. The molecule has 0 saturated heterocycles. The highest BCUT2D eigenvalue weighted by molar-refractivity contribution is 6.10. The van der Waals surface area contributed by atoms with Crippen LogP contribution >= 0.6 is 0 Å². The highest BCUT2D eigenvalue weighted by Gasteiger charge is 2.57. The summed E-state index contributed by atoms with van der Waals surface area (Å²) in [7, 11) is 0. The van der Waals surface area contributed by atoms with Gasteiger partial charge in [0.1, 0.15) is 5.58 Å². The molecular formula is C55H33NO. The van der Waals surface area contributed by atoms with Gasteiger partial charge in [0.2, 0.25) is 0 Å². The molecule has 0 amide bonds. The lowest BCUT2D eigenvalue weighted by Gasteiger charge is -2.28. The number of anilines is 3. The van der Waals surface area contributed by atoms with Gasteiger partial charge in [-0.3, -0.25) is 0 Å². The highest BCUT2D eigenvalue weighted by Crippen LogP contribution is 2.70. The fourth-order valence-corrected chi connectivity index (χ4v) is 10.5. The van der Waals surface area contributed by atoms with E-state index in [2.05, 4.69) is 199 Å². The maximum Gasteiger partial charge on any atom is 0.159 e. The Bertz CT molecular complexity index is 3250. The normalized spacial score (nSPS) is 15.1. The zero-order valence-corrected chi connectivity index (χ0v) is 30.9. The fraction of sp³-hybridized carbons (Fsp3) is 0.0182. The molecule has 57 heavy (non-hydrogen) atoms. The van der Waals surface area contributed by atoms with Gasteiger partial charge in [-0.15, -0.1) is 0 Å². The van der Waals surface area contributed by atoms with Crippen molar-refractivity contribution in [2.75, 3.05) is 4.90 Å². The van der Waals surface area contributed by atoms with Crippen molar-refractivity contribution < 1.29 is 4.42 Å². The molecule has 1 heterocycles. The molecule has 1 spiro atoms. The predicted octanol–water partition coefficient (Wildman–Crippen LogP) is 14.7. The fourth-order valence-electron chi connectivity index (χ4n) is 10.5.